The standard InChI is InChI=1S/C24H21ClF3N3O3S/c25-17-9-15(11-21(32)33)10-18(13-17)34-8-5-23(14-29)3-6-31(7-4-23)22-30-19-2-1-16(24(26,27)28)12-20(19)35-22/h1-2,9-10,12-13H,3-8,11H2,(H,32,33). The van der Waals surface area contributed by atoms with Gasteiger partial charge in [0.25, 0.3) is 0 Å². The number of fused-ring (bicyclic) bond motifs is 1. The maximum absolute atomic E-state index is 13.0. The second-order valence-electron chi connectivity index (χ2n) is 8.52. The lowest BCUT2D eigenvalue weighted by Gasteiger charge is -2.37. The molecular weight excluding hydrogens is 503 g/mol. The molecule has 6 nitrogen and oxygen atoms in total. The molecule has 2 heterocycles. The van der Waals surface area contributed by atoms with Gasteiger partial charge in [-0.25, -0.2) is 4.98 Å². The molecule has 0 radical (unpaired) electrons. The van der Waals surface area contributed by atoms with Gasteiger partial charge >= 0.3 is 12.1 Å². The molecule has 1 aliphatic rings. The van der Waals surface area contributed by atoms with Crippen molar-refractivity contribution in [3.63, 3.8) is 0 Å². The number of ether oxygens (including phenoxy) is 1. The minimum atomic E-state index is -4.40. The molecule has 1 aliphatic heterocycles. The maximum atomic E-state index is 13.0. The molecule has 4 rings (SSSR count). The smallest absolute Gasteiger partial charge is 0.416 e. The summed E-state index contributed by atoms with van der Waals surface area (Å²) >= 11 is 7.28. The summed E-state index contributed by atoms with van der Waals surface area (Å²) in [6.45, 7) is 1.38. The fourth-order valence-corrected chi connectivity index (χ4v) is 5.42. The summed E-state index contributed by atoms with van der Waals surface area (Å²) < 4.78 is 45.3. The van der Waals surface area contributed by atoms with E-state index < -0.39 is 23.1 Å². The number of hydrogen-bond donors (Lipinski definition) is 1. The van der Waals surface area contributed by atoms with E-state index in [9.17, 15) is 23.2 Å². The first-order valence-electron chi connectivity index (χ1n) is 10.8. The first-order chi connectivity index (χ1) is 16.6. The molecule has 1 saturated heterocycles. The van der Waals surface area contributed by atoms with Crippen LogP contribution in [0.3, 0.4) is 0 Å². The zero-order chi connectivity index (χ0) is 25.2. The normalized spacial score (nSPS) is 15.7. The van der Waals surface area contributed by atoms with Gasteiger partial charge in [-0.1, -0.05) is 22.9 Å². The molecule has 1 aromatic heterocycles. The van der Waals surface area contributed by atoms with Crippen LogP contribution in [-0.4, -0.2) is 35.8 Å². The van der Waals surface area contributed by atoms with Crippen LogP contribution in [0, 0.1) is 16.7 Å². The number of alkyl halides is 3. The van der Waals surface area contributed by atoms with Crippen molar-refractivity contribution in [3.05, 3.63) is 52.5 Å². The molecule has 1 fully saturated rings. The highest BCUT2D eigenvalue weighted by atomic mass is 35.5. The SMILES string of the molecule is N#CC1(CCOc2cc(Cl)cc(CC(=O)O)c2)CCN(c2nc3ccc(C(F)(F)F)cc3s2)CC1. The predicted octanol–water partition coefficient (Wildman–Crippen LogP) is 6.17. The van der Waals surface area contributed by atoms with E-state index in [4.69, 9.17) is 21.4 Å². The number of piperidine rings is 1. The van der Waals surface area contributed by atoms with Crippen molar-refractivity contribution in [2.24, 2.45) is 5.41 Å². The summed E-state index contributed by atoms with van der Waals surface area (Å²) in [6, 6.07) is 10.8. The summed E-state index contributed by atoms with van der Waals surface area (Å²) in [4.78, 5) is 17.4. The van der Waals surface area contributed by atoms with Crippen molar-refractivity contribution < 1.29 is 27.8 Å². The summed E-state index contributed by atoms with van der Waals surface area (Å²) in [5.41, 5.74) is -0.245. The third-order valence-corrected chi connectivity index (χ3v) is 7.37. The Bertz CT molecular complexity index is 1280. The Labute approximate surface area is 208 Å². The Kier molecular flexibility index (Phi) is 7.10. The first kappa shape index (κ1) is 25.1. The molecule has 0 aliphatic carbocycles. The minimum absolute atomic E-state index is 0.168. The van der Waals surface area contributed by atoms with Gasteiger partial charge in [0.05, 0.1) is 40.3 Å². The van der Waals surface area contributed by atoms with Crippen LogP contribution in [0.15, 0.2) is 36.4 Å². The molecule has 0 saturated carbocycles. The Morgan fingerprint density at radius 3 is 2.66 bits per heavy atom. The monoisotopic (exact) mass is 523 g/mol. The molecule has 11 heteroatoms. The topological polar surface area (TPSA) is 86.4 Å². The van der Waals surface area contributed by atoms with Crippen molar-refractivity contribution in [1.82, 2.24) is 4.98 Å². The largest absolute Gasteiger partial charge is 0.493 e. The quantitative estimate of drug-likeness (QED) is 0.398. The van der Waals surface area contributed by atoms with Crippen molar-refractivity contribution in [1.29, 1.82) is 5.26 Å². The number of carboxylic acid groups (broad SMARTS) is 1. The van der Waals surface area contributed by atoms with E-state index in [2.05, 4.69) is 11.1 Å². The number of nitriles is 1. The fraction of sp³-hybridized carbons (Fsp3) is 0.375. The fourth-order valence-electron chi connectivity index (χ4n) is 4.11. The lowest BCUT2D eigenvalue weighted by Crippen LogP contribution is -2.40. The van der Waals surface area contributed by atoms with Crippen LogP contribution < -0.4 is 9.64 Å². The maximum Gasteiger partial charge on any atom is 0.416 e. The lowest BCUT2D eigenvalue weighted by molar-refractivity contribution is -0.138. The third-order valence-electron chi connectivity index (χ3n) is 6.07. The van der Waals surface area contributed by atoms with E-state index in [-0.39, 0.29) is 13.0 Å². The van der Waals surface area contributed by atoms with Crippen LogP contribution in [0.25, 0.3) is 10.2 Å². The molecule has 0 atom stereocenters. The molecule has 0 spiro atoms. The molecule has 35 heavy (non-hydrogen) atoms. The minimum Gasteiger partial charge on any atom is -0.493 e. The van der Waals surface area contributed by atoms with Gasteiger partial charge in [0, 0.05) is 24.5 Å². The van der Waals surface area contributed by atoms with Gasteiger partial charge in [0.15, 0.2) is 5.13 Å². The number of carbonyl (C=O) groups is 1. The number of benzene rings is 2. The highest BCUT2D eigenvalue weighted by Gasteiger charge is 2.36. The Hall–Kier alpha value is -3.03. The third kappa shape index (κ3) is 5.97. The predicted molar refractivity (Wildman–Crippen MR) is 127 cm³/mol. The zero-order valence-electron chi connectivity index (χ0n) is 18.4. The number of aliphatic carboxylic acids is 1. The van der Waals surface area contributed by atoms with Gasteiger partial charge in [-0.05, 0) is 54.8 Å². The van der Waals surface area contributed by atoms with Crippen LogP contribution in [-0.2, 0) is 17.4 Å². The van der Waals surface area contributed by atoms with Gasteiger partial charge in [-0.2, -0.15) is 18.4 Å². The average Bonchev–Trinajstić information content (AvgIpc) is 3.21. The molecule has 0 unspecified atom stereocenters. The van der Waals surface area contributed by atoms with E-state index in [0.29, 0.717) is 64.0 Å². The molecule has 0 bridgehead atoms. The molecular formula is C24H21ClF3N3O3S. The van der Waals surface area contributed by atoms with Gasteiger partial charge in [-0.15, -0.1) is 0 Å². The zero-order valence-corrected chi connectivity index (χ0v) is 20.0. The molecule has 0 amide bonds. The number of nitrogens with zero attached hydrogens (tertiary/aromatic N) is 3. The Morgan fingerprint density at radius 2 is 2.00 bits per heavy atom. The molecule has 184 valence electrons. The number of aromatic nitrogens is 1. The second kappa shape index (κ2) is 9.91. The second-order valence-corrected chi connectivity index (χ2v) is 9.97. The number of rotatable bonds is 7. The van der Waals surface area contributed by atoms with Gasteiger partial charge in [0.2, 0.25) is 0 Å². The van der Waals surface area contributed by atoms with E-state index in [1.54, 1.807) is 18.2 Å². The Balaban J connectivity index is 1.37. The highest BCUT2D eigenvalue weighted by molar-refractivity contribution is 7.22. The highest BCUT2D eigenvalue weighted by Crippen LogP contribution is 2.39. The number of hydrogen-bond acceptors (Lipinski definition) is 6. The molecule has 2 aromatic carbocycles. The van der Waals surface area contributed by atoms with E-state index >= 15 is 0 Å². The van der Waals surface area contributed by atoms with E-state index in [1.165, 1.54) is 17.4 Å². The van der Waals surface area contributed by atoms with Crippen molar-refractivity contribution >= 4 is 44.3 Å². The Morgan fingerprint density at radius 1 is 1.26 bits per heavy atom. The van der Waals surface area contributed by atoms with Crippen molar-refractivity contribution in [2.75, 3.05) is 24.6 Å². The van der Waals surface area contributed by atoms with Gasteiger partial charge in [0.1, 0.15) is 5.75 Å². The summed E-state index contributed by atoms with van der Waals surface area (Å²) in [6.07, 6.45) is -2.96. The van der Waals surface area contributed by atoms with Crippen molar-refractivity contribution in [2.45, 2.75) is 31.9 Å². The van der Waals surface area contributed by atoms with Crippen LogP contribution in [0.5, 0.6) is 5.75 Å². The average molecular weight is 524 g/mol. The summed E-state index contributed by atoms with van der Waals surface area (Å²) in [5, 5.41) is 19.9. The van der Waals surface area contributed by atoms with E-state index in [1.807, 2.05) is 4.90 Å². The molecule has 3 aromatic rings. The van der Waals surface area contributed by atoms with Gasteiger partial charge in [-0.3, -0.25) is 4.79 Å². The lowest BCUT2D eigenvalue weighted by atomic mass is 9.77. The van der Waals surface area contributed by atoms with Crippen LogP contribution in [0.1, 0.15) is 30.4 Å². The number of halogens is 4. The summed E-state index contributed by atoms with van der Waals surface area (Å²) in [7, 11) is 0. The van der Waals surface area contributed by atoms with E-state index in [0.717, 1.165) is 12.1 Å². The van der Waals surface area contributed by atoms with Gasteiger partial charge < -0.3 is 14.7 Å². The van der Waals surface area contributed by atoms with Crippen molar-refractivity contribution in [3.8, 4) is 11.8 Å². The summed E-state index contributed by atoms with van der Waals surface area (Å²) in [5.74, 6) is -0.519. The number of carboxylic acids is 1. The molecule has 1 N–H and O–H groups in total. The number of thiazole rings is 1. The first-order valence-corrected chi connectivity index (χ1v) is 12.0. The van der Waals surface area contributed by atoms with Crippen LogP contribution >= 0.6 is 22.9 Å². The van der Waals surface area contributed by atoms with Crippen LogP contribution in [0.4, 0.5) is 18.3 Å². The van der Waals surface area contributed by atoms with Crippen LogP contribution in [0.2, 0.25) is 5.02 Å². The number of anilines is 1.